The molecule has 0 unspecified atom stereocenters. The van der Waals surface area contributed by atoms with Crippen LogP contribution in [-0.2, 0) is 6.54 Å². The second-order valence-corrected chi connectivity index (χ2v) is 3.88. The van der Waals surface area contributed by atoms with Crippen LogP contribution in [0.1, 0.15) is 12.5 Å². The summed E-state index contributed by atoms with van der Waals surface area (Å²) in [6.45, 7) is 3.18. The van der Waals surface area contributed by atoms with Crippen LogP contribution in [0, 0.1) is 0 Å². The van der Waals surface area contributed by atoms with Gasteiger partial charge in [0.15, 0.2) is 11.5 Å². The van der Waals surface area contributed by atoms with Crippen molar-refractivity contribution in [2.24, 2.45) is 0 Å². The third kappa shape index (κ3) is 3.82. The Hall–Kier alpha value is -2.35. The number of aromatic amines is 1. The van der Waals surface area contributed by atoms with Gasteiger partial charge in [0.25, 0.3) is 5.95 Å². The fraction of sp³-hybridized carbons (Fsp3) is 0.417. The number of rotatable bonds is 8. The zero-order valence-electron chi connectivity index (χ0n) is 11.2. The van der Waals surface area contributed by atoms with E-state index in [0.29, 0.717) is 30.6 Å². The number of hydrogen-bond donors (Lipinski definition) is 3. The van der Waals surface area contributed by atoms with E-state index in [2.05, 4.69) is 25.9 Å². The average molecular weight is 279 g/mol. The highest BCUT2D eigenvalue weighted by Gasteiger charge is 2.07. The first-order valence-electron chi connectivity index (χ1n) is 6.30. The molecular formula is C12H17N5O3. The number of benzene rings is 1. The Morgan fingerprint density at radius 1 is 1.30 bits per heavy atom. The fourth-order valence-corrected chi connectivity index (χ4v) is 1.62. The average Bonchev–Trinajstić information content (AvgIpc) is 2.98. The Balaban J connectivity index is 2.04. The molecule has 0 bridgehead atoms. The number of ether oxygens (including phenoxy) is 2. The first-order chi connectivity index (χ1) is 9.83. The van der Waals surface area contributed by atoms with Crippen LogP contribution in [0.15, 0.2) is 18.2 Å². The lowest BCUT2D eigenvalue weighted by molar-refractivity contribution is 0.194. The van der Waals surface area contributed by atoms with Gasteiger partial charge in [-0.3, -0.25) is 0 Å². The van der Waals surface area contributed by atoms with Gasteiger partial charge in [-0.1, -0.05) is 11.2 Å². The number of hydrogen-bond acceptors (Lipinski definition) is 7. The van der Waals surface area contributed by atoms with Crippen molar-refractivity contribution in [3.05, 3.63) is 23.8 Å². The van der Waals surface area contributed by atoms with Crippen molar-refractivity contribution in [2.45, 2.75) is 13.5 Å². The number of anilines is 1. The summed E-state index contributed by atoms with van der Waals surface area (Å²) < 4.78 is 10.9. The summed E-state index contributed by atoms with van der Waals surface area (Å²) >= 11 is 0. The summed E-state index contributed by atoms with van der Waals surface area (Å²) in [6, 6.07) is 5.60. The van der Waals surface area contributed by atoms with E-state index < -0.39 is 0 Å². The molecule has 0 aliphatic heterocycles. The topological polar surface area (TPSA) is 105 Å². The monoisotopic (exact) mass is 279 g/mol. The van der Waals surface area contributed by atoms with Crippen molar-refractivity contribution in [3.63, 3.8) is 0 Å². The maximum Gasteiger partial charge on any atom is 0.263 e. The SMILES string of the molecule is CCOc1cc(CNc2nn[nH]n2)ccc1OCCO. The predicted octanol–water partition coefficient (Wildman–Crippen LogP) is 0.582. The molecule has 0 aliphatic rings. The largest absolute Gasteiger partial charge is 0.490 e. The predicted molar refractivity (Wildman–Crippen MR) is 71.7 cm³/mol. The Bertz CT molecular complexity index is 518. The van der Waals surface area contributed by atoms with Crippen molar-refractivity contribution in [3.8, 4) is 11.5 Å². The third-order valence-corrected chi connectivity index (χ3v) is 2.45. The summed E-state index contributed by atoms with van der Waals surface area (Å²) in [5.41, 5.74) is 0.995. The molecule has 1 aromatic carbocycles. The van der Waals surface area contributed by atoms with Gasteiger partial charge in [0.2, 0.25) is 0 Å². The number of nitrogens with one attached hydrogen (secondary N) is 2. The molecule has 1 heterocycles. The molecule has 2 rings (SSSR count). The van der Waals surface area contributed by atoms with E-state index in [1.54, 1.807) is 0 Å². The van der Waals surface area contributed by atoms with Crippen LogP contribution in [0.4, 0.5) is 5.95 Å². The second-order valence-electron chi connectivity index (χ2n) is 3.88. The van der Waals surface area contributed by atoms with Crippen LogP contribution in [0.3, 0.4) is 0 Å². The van der Waals surface area contributed by atoms with Crippen molar-refractivity contribution in [1.82, 2.24) is 20.6 Å². The van der Waals surface area contributed by atoms with Crippen LogP contribution in [0.5, 0.6) is 11.5 Å². The van der Waals surface area contributed by atoms with Gasteiger partial charge in [-0.05, 0) is 29.8 Å². The molecule has 8 nitrogen and oxygen atoms in total. The summed E-state index contributed by atoms with van der Waals surface area (Å²) in [5, 5.41) is 25.3. The molecular weight excluding hydrogens is 262 g/mol. The molecule has 0 atom stereocenters. The normalized spacial score (nSPS) is 10.3. The molecule has 0 aliphatic carbocycles. The van der Waals surface area contributed by atoms with Crippen molar-refractivity contribution in [1.29, 1.82) is 0 Å². The maximum atomic E-state index is 8.79. The van der Waals surface area contributed by atoms with E-state index in [-0.39, 0.29) is 13.2 Å². The highest BCUT2D eigenvalue weighted by molar-refractivity contribution is 5.43. The van der Waals surface area contributed by atoms with E-state index in [0.717, 1.165) is 5.56 Å². The number of aliphatic hydroxyl groups is 1. The highest BCUT2D eigenvalue weighted by atomic mass is 16.5. The summed E-state index contributed by atoms with van der Waals surface area (Å²) in [4.78, 5) is 0. The van der Waals surface area contributed by atoms with Gasteiger partial charge in [0, 0.05) is 6.54 Å². The maximum absolute atomic E-state index is 8.79. The minimum absolute atomic E-state index is 0.0350. The number of tetrazole rings is 1. The van der Waals surface area contributed by atoms with Gasteiger partial charge in [0.05, 0.1) is 13.2 Å². The van der Waals surface area contributed by atoms with Crippen LogP contribution in [-0.4, -0.2) is 45.6 Å². The van der Waals surface area contributed by atoms with Gasteiger partial charge in [-0.15, -0.1) is 5.10 Å². The molecule has 20 heavy (non-hydrogen) atoms. The third-order valence-electron chi connectivity index (χ3n) is 2.45. The van der Waals surface area contributed by atoms with E-state index in [9.17, 15) is 0 Å². The molecule has 2 aromatic rings. The Morgan fingerprint density at radius 3 is 2.90 bits per heavy atom. The lowest BCUT2D eigenvalue weighted by Gasteiger charge is -2.12. The zero-order chi connectivity index (χ0) is 14.2. The van der Waals surface area contributed by atoms with Gasteiger partial charge >= 0.3 is 0 Å². The first kappa shape index (κ1) is 14.1. The molecule has 0 saturated heterocycles. The van der Waals surface area contributed by atoms with Crippen molar-refractivity contribution in [2.75, 3.05) is 25.1 Å². The molecule has 0 saturated carbocycles. The van der Waals surface area contributed by atoms with E-state index >= 15 is 0 Å². The molecule has 0 spiro atoms. The minimum atomic E-state index is -0.0350. The molecule has 3 N–H and O–H groups in total. The molecule has 0 fully saturated rings. The number of nitrogens with zero attached hydrogens (tertiary/aromatic N) is 3. The van der Waals surface area contributed by atoms with Gasteiger partial charge in [-0.25, -0.2) is 0 Å². The zero-order valence-corrected chi connectivity index (χ0v) is 11.2. The Kier molecular flexibility index (Phi) is 5.13. The molecule has 108 valence electrons. The summed E-state index contributed by atoms with van der Waals surface area (Å²) in [6.07, 6.45) is 0. The van der Waals surface area contributed by atoms with E-state index in [4.69, 9.17) is 14.6 Å². The highest BCUT2D eigenvalue weighted by Crippen LogP contribution is 2.28. The second kappa shape index (κ2) is 7.29. The van der Waals surface area contributed by atoms with E-state index in [1.807, 2.05) is 25.1 Å². The van der Waals surface area contributed by atoms with Crippen LogP contribution < -0.4 is 14.8 Å². The standard InChI is InChI=1S/C12H17N5O3/c1-2-19-11-7-9(3-4-10(11)20-6-5-18)8-13-12-14-16-17-15-12/h3-4,7,18H,2,5-6,8H2,1H3,(H2,13,14,15,16,17). The number of aromatic nitrogens is 4. The number of aliphatic hydroxyl groups excluding tert-OH is 1. The fourth-order valence-electron chi connectivity index (χ4n) is 1.62. The molecule has 8 heteroatoms. The van der Waals surface area contributed by atoms with Gasteiger partial charge < -0.3 is 19.9 Å². The smallest absolute Gasteiger partial charge is 0.263 e. The van der Waals surface area contributed by atoms with Crippen molar-refractivity contribution >= 4 is 5.95 Å². The quantitative estimate of drug-likeness (QED) is 0.649. The van der Waals surface area contributed by atoms with E-state index in [1.165, 1.54) is 0 Å². The van der Waals surface area contributed by atoms with Gasteiger partial charge in [-0.2, -0.15) is 5.21 Å². The van der Waals surface area contributed by atoms with Crippen LogP contribution >= 0.6 is 0 Å². The molecule has 0 amide bonds. The summed E-state index contributed by atoms with van der Waals surface area (Å²) in [7, 11) is 0. The minimum Gasteiger partial charge on any atom is -0.490 e. The Morgan fingerprint density at radius 2 is 2.20 bits per heavy atom. The van der Waals surface area contributed by atoms with Crippen LogP contribution in [0.2, 0.25) is 0 Å². The Labute approximate surface area is 116 Å². The number of H-pyrrole nitrogens is 1. The lowest BCUT2D eigenvalue weighted by Crippen LogP contribution is -2.06. The summed E-state index contributed by atoms with van der Waals surface area (Å²) in [5.74, 6) is 1.70. The van der Waals surface area contributed by atoms with Crippen molar-refractivity contribution < 1.29 is 14.6 Å². The first-order valence-corrected chi connectivity index (χ1v) is 6.30. The lowest BCUT2D eigenvalue weighted by atomic mass is 10.2. The molecule has 1 aromatic heterocycles. The van der Waals surface area contributed by atoms with Crippen LogP contribution in [0.25, 0.3) is 0 Å². The molecule has 0 radical (unpaired) electrons. The van der Waals surface area contributed by atoms with Gasteiger partial charge in [0.1, 0.15) is 6.61 Å².